The topological polar surface area (TPSA) is 88.3 Å². The van der Waals surface area contributed by atoms with Gasteiger partial charge in [0.2, 0.25) is 0 Å². The SMILES string of the molecule is Cc1noc(C)c1Nc1scnc1C(=O)O. The van der Waals surface area contributed by atoms with Gasteiger partial charge in [0, 0.05) is 0 Å². The molecular formula is C9H9N3O3S. The van der Waals surface area contributed by atoms with E-state index in [4.69, 9.17) is 9.63 Å². The second-order valence-corrected chi connectivity index (χ2v) is 4.01. The predicted octanol–water partition coefficient (Wildman–Crippen LogP) is 2.19. The van der Waals surface area contributed by atoms with E-state index in [1.54, 1.807) is 13.8 Å². The van der Waals surface area contributed by atoms with Gasteiger partial charge in [0.15, 0.2) is 11.5 Å². The number of hydrogen-bond donors (Lipinski definition) is 2. The Morgan fingerprint density at radius 3 is 2.88 bits per heavy atom. The molecule has 0 atom stereocenters. The number of aryl methyl sites for hydroxylation is 2. The van der Waals surface area contributed by atoms with Crippen molar-refractivity contribution in [2.45, 2.75) is 13.8 Å². The smallest absolute Gasteiger partial charge is 0.357 e. The van der Waals surface area contributed by atoms with Gasteiger partial charge in [0.25, 0.3) is 0 Å². The van der Waals surface area contributed by atoms with Gasteiger partial charge in [-0.15, -0.1) is 11.3 Å². The lowest BCUT2D eigenvalue weighted by atomic mass is 10.3. The van der Waals surface area contributed by atoms with E-state index in [0.29, 0.717) is 22.1 Å². The van der Waals surface area contributed by atoms with Crippen molar-refractivity contribution in [3.05, 3.63) is 22.7 Å². The number of aromatic carboxylic acids is 1. The number of thiazole rings is 1. The molecule has 2 heterocycles. The number of carboxylic acids is 1. The van der Waals surface area contributed by atoms with Crippen molar-refractivity contribution >= 4 is 28.0 Å². The van der Waals surface area contributed by atoms with Gasteiger partial charge in [0.05, 0.1) is 5.51 Å². The molecule has 2 N–H and O–H groups in total. The minimum Gasteiger partial charge on any atom is -0.476 e. The van der Waals surface area contributed by atoms with Gasteiger partial charge in [-0.1, -0.05) is 5.16 Å². The summed E-state index contributed by atoms with van der Waals surface area (Å²) < 4.78 is 4.97. The van der Waals surface area contributed by atoms with E-state index in [2.05, 4.69) is 15.5 Å². The molecule has 6 nitrogen and oxygen atoms in total. The molecule has 0 aliphatic carbocycles. The fourth-order valence-electron chi connectivity index (χ4n) is 1.26. The summed E-state index contributed by atoms with van der Waals surface area (Å²) in [5.41, 5.74) is 2.85. The molecule has 0 spiro atoms. The molecule has 0 aliphatic heterocycles. The van der Waals surface area contributed by atoms with E-state index in [1.807, 2.05) is 0 Å². The van der Waals surface area contributed by atoms with Crippen LogP contribution in [0.2, 0.25) is 0 Å². The molecule has 0 aliphatic rings. The van der Waals surface area contributed by atoms with Crippen molar-refractivity contribution in [3.8, 4) is 0 Å². The maximum Gasteiger partial charge on any atom is 0.357 e. The van der Waals surface area contributed by atoms with Crippen molar-refractivity contribution in [2.75, 3.05) is 5.32 Å². The lowest BCUT2D eigenvalue weighted by Gasteiger charge is -2.02. The molecule has 0 aromatic carbocycles. The molecule has 0 radical (unpaired) electrons. The number of anilines is 2. The van der Waals surface area contributed by atoms with Crippen LogP contribution in [0.3, 0.4) is 0 Å². The zero-order chi connectivity index (χ0) is 11.7. The Hall–Kier alpha value is -1.89. The number of nitrogens with one attached hydrogen (secondary N) is 1. The first-order valence-electron chi connectivity index (χ1n) is 4.46. The maximum absolute atomic E-state index is 10.8. The van der Waals surface area contributed by atoms with E-state index < -0.39 is 5.97 Å². The highest BCUT2D eigenvalue weighted by Crippen LogP contribution is 2.28. The lowest BCUT2D eigenvalue weighted by Crippen LogP contribution is -2.01. The van der Waals surface area contributed by atoms with Crippen molar-refractivity contribution < 1.29 is 14.4 Å². The van der Waals surface area contributed by atoms with Crippen LogP contribution in [-0.2, 0) is 0 Å². The van der Waals surface area contributed by atoms with Gasteiger partial charge in [-0.05, 0) is 13.8 Å². The Morgan fingerprint density at radius 1 is 1.56 bits per heavy atom. The maximum atomic E-state index is 10.8. The highest BCUT2D eigenvalue weighted by molar-refractivity contribution is 7.14. The van der Waals surface area contributed by atoms with Crippen LogP contribution in [0.4, 0.5) is 10.7 Å². The van der Waals surface area contributed by atoms with E-state index in [0.717, 1.165) is 0 Å². The normalized spacial score (nSPS) is 10.4. The Bertz CT molecular complexity index is 512. The van der Waals surface area contributed by atoms with Gasteiger partial charge in [0.1, 0.15) is 16.4 Å². The third-order valence-corrected chi connectivity index (χ3v) is 2.78. The van der Waals surface area contributed by atoms with Crippen LogP contribution in [-0.4, -0.2) is 21.2 Å². The van der Waals surface area contributed by atoms with Crippen LogP contribution in [0.25, 0.3) is 0 Å². The molecule has 0 bridgehead atoms. The zero-order valence-corrected chi connectivity index (χ0v) is 9.46. The summed E-state index contributed by atoms with van der Waals surface area (Å²) in [5, 5.41) is 16.1. The summed E-state index contributed by atoms with van der Waals surface area (Å²) in [7, 11) is 0. The predicted molar refractivity (Wildman–Crippen MR) is 58.3 cm³/mol. The number of carboxylic acid groups (broad SMARTS) is 1. The minimum absolute atomic E-state index is 0.00463. The molecule has 0 saturated carbocycles. The number of nitrogens with zero attached hydrogens (tertiary/aromatic N) is 2. The second kappa shape index (κ2) is 3.93. The monoisotopic (exact) mass is 239 g/mol. The Labute approximate surface area is 94.9 Å². The van der Waals surface area contributed by atoms with E-state index >= 15 is 0 Å². The molecule has 0 unspecified atom stereocenters. The molecule has 16 heavy (non-hydrogen) atoms. The molecule has 0 saturated heterocycles. The first kappa shape index (κ1) is 10.6. The Morgan fingerprint density at radius 2 is 2.31 bits per heavy atom. The molecule has 7 heteroatoms. The third kappa shape index (κ3) is 1.76. The van der Waals surface area contributed by atoms with E-state index in [9.17, 15) is 4.79 Å². The van der Waals surface area contributed by atoms with Crippen molar-refractivity contribution in [2.24, 2.45) is 0 Å². The van der Waals surface area contributed by atoms with Crippen LogP contribution < -0.4 is 5.32 Å². The van der Waals surface area contributed by atoms with Gasteiger partial charge in [-0.3, -0.25) is 0 Å². The standard InChI is InChI=1S/C9H9N3O3S/c1-4-6(5(2)15-12-4)11-8-7(9(13)14)10-3-16-8/h3,11H,1-2H3,(H,13,14). The quantitative estimate of drug-likeness (QED) is 0.853. The highest BCUT2D eigenvalue weighted by atomic mass is 32.1. The van der Waals surface area contributed by atoms with E-state index in [-0.39, 0.29) is 5.69 Å². The van der Waals surface area contributed by atoms with Crippen LogP contribution in [0.5, 0.6) is 0 Å². The highest BCUT2D eigenvalue weighted by Gasteiger charge is 2.16. The third-order valence-electron chi connectivity index (χ3n) is 2.04. The van der Waals surface area contributed by atoms with Crippen molar-refractivity contribution in [1.82, 2.24) is 10.1 Å². The fraction of sp³-hybridized carbons (Fsp3) is 0.222. The molecule has 2 aromatic rings. The van der Waals surface area contributed by atoms with Gasteiger partial charge < -0.3 is 14.9 Å². The van der Waals surface area contributed by atoms with Crippen LogP contribution in [0.15, 0.2) is 10.0 Å². The first-order valence-corrected chi connectivity index (χ1v) is 5.34. The summed E-state index contributed by atoms with van der Waals surface area (Å²) in [4.78, 5) is 14.6. The Kier molecular flexibility index (Phi) is 2.61. The lowest BCUT2D eigenvalue weighted by molar-refractivity contribution is 0.0692. The molecule has 0 fully saturated rings. The fourth-order valence-corrected chi connectivity index (χ4v) is 1.94. The summed E-state index contributed by atoms with van der Waals surface area (Å²) in [6.45, 7) is 3.53. The average molecular weight is 239 g/mol. The van der Waals surface area contributed by atoms with Crippen LogP contribution in [0.1, 0.15) is 21.9 Å². The molecule has 0 amide bonds. The number of carbonyl (C=O) groups is 1. The molecule has 2 rings (SSSR count). The second-order valence-electron chi connectivity index (χ2n) is 3.16. The zero-order valence-electron chi connectivity index (χ0n) is 8.64. The molecule has 2 aromatic heterocycles. The van der Waals surface area contributed by atoms with Crippen LogP contribution >= 0.6 is 11.3 Å². The van der Waals surface area contributed by atoms with Gasteiger partial charge >= 0.3 is 5.97 Å². The molecule has 84 valence electrons. The average Bonchev–Trinajstić information content (AvgIpc) is 2.80. The number of rotatable bonds is 3. The summed E-state index contributed by atoms with van der Waals surface area (Å²) >= 11 is 1.22. The summed E-state index contributed by atoms with van der Waals surface area (Å²) in [6, 6.07) is 0. The summed E-state index contributed by atoms with van der Waals surface area (Å²) in [6.07, 6.45) is 0. The number of hydrogen-bond acceptors (Lipinski definition) is 6. The van der Waals surface area contributed by atoms with Gasteiger partial charge in [-0.25, -0.2) is 9.78 Å². The van der Waals surface area contributed by atoms with Crippen molar-refractivity contribution in [3.63, 3.8) is 0 Å². The minimum atomic E-state index is -1.06. The molecular weight excluding hydrogens is 230 g/mol. The van der Waals surface area contributed by atoms with E-state index in [1.165, 1.54) is 16.8 Å². The summed E-state index contributed by atoms with van der Waals surface area (Å²) in [5.74, 6) is -0.447. The Balaban J connectivity index is 2.34. The van der Waals surface area contributed by atoms with Crippen LogP contribution in [0, 0.1) is 13.8 Å². The largest absolute Gasteiger partial charge is 0.476 e. The van der Waals surface area contributed by atoms with Crippen molar-refractivity contribution in [1.29, 1.82) is 0 Å². The number of aromatic nitrogens is 2. The first-order chi connectivity index (χ1) is 7.59. The van der Waals surface area contributed by atoms with Gasteiger partial charge in [-0.2, -0.15) is 0 Å².